The van der Waals surface area contributed by atoms with Gasteiger partial charge in [0.05, 0.1) is 11.4 Å². The van der Waals surface area contributed by atoms with Crippen LogP contribution in [0.1, 0.15) is 18.1 Å². The van der Waals surface area contributed by atoms with Gasteiger partial charge in [0, 0.05) is 7.05 Å². The molecule has 0 bridgehead atoms. The molecular weight excluding hydrogens is 188 g/mol. The smallest absolute Gasteiger partial charge is 0.248 e. The highest BCUT2D eigenvalue weighted by molar-refractivity contribution is 6.05. The van der Waals surface area contributed by atoms with Crippen molar-refractivity contribution in [1.29, 1.82) is 0 Å². The molecule has 1 aromatic carbocycles. The van der Waals surface area contributed by atoms with E-state index < -0.39 is 0 Å². The first-order valence-electron chi connectivity index (χ1n) is 5.16. The maximum atomic E-state index is 11.8. The first-order valence-corrected chi connectivity index (χ1v) is 5.16. The lowest BCUT2D eigenvalue weighted by atomic mass is 10.0. The summed E-state index contributed by atoms with van der Waals surface area (Å²) in [5, 5.41) is 3.22. The van der Waals surface area contributed by atoms with Crippen molar-refractivity contribution in [2.75, 3.05) is 17.3 Å². The van der Waals surface area contributed by atoms with Crippen LogP contribution in [0.25, 0.3) is 0 Å². The van der Waals surface area contributed by atoms with Crippen LogP contribution in [0, 0.1) is 13.8 Å². The van der Waals surface area contributed by atoms with Gasteiger partial charge in [0.1, 0.15) is 6.04 Å². The van der Waals surface area contributed by atoms with Crippen molar-refractivity contribution in [2.24, 2.45) is 0 Å². The Kier molecular flexibility index (Phi) is 2.18. The van der Waals surface area contributed by atoms with Crippen LogP contribution in [0.5, 0.6) is 0 Å². The van der Waals surface area contributed by atoms with Crippen LogP contribution in [0.4, 0.5) is 11.4 Å². The molecular formula is C12H16N2O. The largest absolute Gasteiger partial charge is 0.372 e. The van der Waals surface area contributed by atoms with Gasteiger partial charge in [0.15, 0.2) is 0 Å². The number of aryl methyl sites for hydroxylation is 1. The fourth-order valence-electron chi connectivity index (χ4n) is 2.05. The number of nitrogens with one attached hydrogen (secondary N) is 1. The lowest BCUT2D eigenvalue weighted by molar-refractivity contribution is -0.118. The van der Waals surface area contributed by atoms with Gasteiger partial charge < -0.3 is 10.2 Å². The predicted molar refractivity (Wildman–Crippen MR) is 62.4 cm³/mol. The van der Waals surface area contributed by atoms with Gasteiger partial charge in [-0.05, 0) is 38.0 Å². The van der Waals surface area contributed by atoms with Gasteiger partial charge in [-0.2, -0.15) is 0 Å². The molecule has 0 radical (unpaired) electrons. The van der Waals surface area contributed by atoms with E-state index in [1.54, 1.807) is 4.90 Å². The zero-order chi connectivity index (χ0) is 11.2. The van der Waals surface area contributed by atoms with Crippen LogP contribution in [0.15, 0.2) is 12.1 Å². The van der Waals surface area contributed by atoms with Crippen molar-refractivity contribution < 1.29 is 4.79 Å². The van der Waals surface area contributed by atoms with Gasteiger partial charge in [-0.25, -0.2) is 0 Å². The molecule has 2 rings (SSSR count). The van der Waals surface area contributed by atoms with Gasteiger partial charge in [0.25, 0.3) is 0 Å². The molecule has 1 N–H and O–H groups in total. The number of hydrogen-bond acceptors (Lipinski definition) is 2. The summed E-state index contributed by atoms with van der Waals surface area (Å²) in [6.07, 6.45) is 0. The van der Waals surface area contributed by atoms with Gasteiger partial charge in [0.2, 0.25) is 5.91 Å². The number of anilines is 2. The molecule has 1 aliphatic heterocycles. The normalized spacial score (nSPS) is 19.9. The minimum absolute atomic E-state index is 0.121. The molecule has 0 aliphatic carbocycles. The Morgan fingerprint density at radius 3 is 2.67 bits per heavy atom. The third-order valence-electron chi connectivity index (χ3n) is 3.11. The van der Waals surface area contributed by atoms with E-state index in [-0.39, 0.29) is 11.9 Å². The third kappa shape index (κ3) is 1.39. The number of likely N-dealkylation sites (N-methyl/N-ethyl adjacent to an activating group) is 1. The van der Waals surface area contributed by atoms with E-state index >= 15 is 0 Å². The van der Waals surface area contributed by atoms with Gasteiger partial charge >= 0.3 is 0 Å². The number of carbonyl (C=O) groups is 1. The summed E-state index contributed by atoms with van der Waals surface area (Å²) < 4.78 is 0. The quantitative estimate of drug-likeness (QED) is 0.701. The number of fused-ring (bicyclic) bond motifs is 1. The van der Waals surface area contributed by atoms with E-state index in [9.17, 15) is 4.79 Å². The third-order valence-corrected chi connectivity index (χ3v) is 3.11. The molecule has 1 unspecified atom stereocenters. The fourth-order valence-corrected chi connectivity index (χ4v) is 2.05. The van der Waals surface area contributed by atoms with Gasteiger partial charge in [-0.1, -0.05) is 6.07 Å². The summed E-state index contributed by atoms with van der Waals surface area (Å²) >= 11 is 0. The zero-order valence-corrected chi connectivity index (χ0v) is 9.59. The molecule has 0 spiro atoms. The van der Waals surface area contributed by atoms with Crippen LogP contribution >= 0.6 is 0 Å². The lowest BCUT2D eigenvalue weighted by Gasteiger charge is -2.33. The van der Waals surface area contributed by atoms with Gasteiger partial charge in [-0.3, -0.25) is 4.79 Å². The monoisotopic (exact) mass is 204 g/mol. The molecule has 3 nitrogen and oxygen atoms in total. The molecule has 0 fully saturated rings. The molecule has 0 aromatic heterocycles. The maximum absolute atomic E-state index is 11.8. The van der Waals surface area contributed by atoms with Crippen molar-refractivity contribution in [1.82, 2.24) is 0 Å². The first kappa shape index (κ1) is 10.0. The first-order chi connectivity index (χ1) is 7.02. The highest BCUT2D eigenvalue weighted by Crippen LogP contribution is 2.35. The van der Waals surface area contributed by atoms with Crippen molar-refractivity contribution in [3.63, 3.8) is 0 Å². The van der Waals surface area contributed by atoms with E-state index in [0.29, 0.717) is 0 Å². The van der Waals surface area contributed by atoms with Crippen LogP contribution in [0.3, 0.4) is 0 Å². The van der Waals surface area contributed by atoms with Crippen LogP contribution < -0.4 is 10.2 Å². The summed E-state index contributed by atoms with van der Waals surface area (Å²) in [4.78, 5) is 13.6. The lowest BCUT2D eigenvalue weighted by Crippen LogP contribution is -2.43. The van der Waals surface area contributed by atoms with E-state index in [4.69, 9.17) is 0 Å². The Labute approximate surface area is 90.1 Å². The molecule has 1 atom stereocenters. The Balaban J connectivity index is 2.61. The second kappa shape index (κ2) is 3.26. The Morgan fingerprint density at radius 2 is 2.00 bits per heavy atom. The highest BCUT2D eigenvalue weighted by atomic mass is 16.2. The van der Waals surface area contributed by atoms with Crippen LogP contribution in [-0.2, 0) is 4.79 Å². The second-order valence-corrected chi connectivity index (χ2v) is 4.17. The summed E-state index contributed by atoms with van der Waals surface area (Å²) in [5.74, 6) is 0.121. The van der Waals surface area contributed by atoms with Crippen LogP contribution in [-0.4, -0.2) is 19.0 Å². The van der Waals surface area contributed by atoms with Crippen molar-refractivity contribution in [3.8, 4) is 0 Å². The van der Waals surface area contributed by atoms with E-state index in [1.807, 2.05) is 20.0 Å². The number of benzene rings is 1. The predicted octanol–water partition coefficient (Wildman–Crippen LogP) is 2.08. The van der Waals surface area contributed by atoms with Gasteiger partial charge in [-0.15, -0.1) is 0 Å². The summed E-state index contributed by atoms with van der Waals surface area (Å²) in [5.41, 5.74) is 4.44. The SMILES string of the molecule is Cc1ccc2c(c1C)N(C)C(=O)C(C)N2. The topological polar surface area (TPSA) is 32.3 Å². The molecule has 15 heavy (non-hydrogen) atoms. The molecule has 1 aliphatic rings. The molecule has 1 heterocycles. The van der Waals surface area contributed by atoms with E-state index in [0.717, 1.165) is 11.4 Å². The standard InChI is InChI=1S/C12H16N2O/c1-7-5-6-10-11(8(7)2)14(4)12(15)9(3)13-10/h5-6,9,13H,1-4H3. The molecule has 0 saturated heterocycles. The Morgan fingerprint density at radius 1 is 1.33 bits per heavy atom. The summed E-state index contributed by atoms with van der Waals surface area (Å²) in [7, 11) is 1.84. The Hall–Kier alpha value is -1.51. The minimum Gasteiger partial charge on any atom is -0.372 e. The average molecular weight is 204 g/mol. The number of amides is 1. The number of hydrogen-bond donors (Lipinski definition) is 1. The Bertz CT molecular complexity index is 426. The number of nitrogens with zero attached hydrogens (tertiary/aromatic N) is 1. The second-order valence-electron chi connectivity index (χ2n) is 4.17. The molecule has 80 valence electrons. The minimum atomic E-state index is -0.135. The van der Waals surface area contributed by atoms with Crippen molar-refractivity contribution in [3.05, 3.63) is 23.3 Å². The molecule has 0 saturated carbocycles. The number of carbonyl (C=O) groups excluding carboxylic acids is 1. The van der Waals surface area contributed by atoms with Crippen molar-refractivity contribution >= 4 is 17.3 Å². The van der Waals surface area contributed by atoms with Crippen LogP contribution in [0.2, 0.25) is 0 Å². The average Bonchev–Trinajstić information content (AvgIpc) is 2.20. The molecule has 1 amide bonds. The maximum Gasteiger partial charge on any atom is 0.248 e. The summed E-state index contributed by atoms with van der Waals surface area (Å²) in [6, 6.07) is 3.99. The highest BCUT2D eigenvalue weighted by Gasteiger charge is 2.28. The zero-order valence-electron chi connectivity index (χ0n) is 9.59. The fraction of sp³-hybridized carbons (Fsp3) is 0.417. The number of rotatable bonds is 0. The van der Waals surface area contributed by atoms with Crippen molar-refractivity contribution in [2.45, 2.75) is 26.8 Å². The molecule has 1 aromatic rings. The summed E-state index contributed by atoms with van der Waals surface area (Å²) in [6.45, 7) is 6.00. The molecule has 3 heteroatoms. The van der Waals surface area contributed by atoms with E-state index in [1.165, 1.54) is 11.1 Å². The van der Waals surface area contributed by atoms with E-state index in [2.05, 4.69) is 25.2 Å².